The van der Waals surface area contributed by atoms with Crippen LogP contribution in [0.15, 0.2) is 30.5 Å². The summed E-state index contributed by atoms with van der Waals surface area (Å²) in [5.41, 5.74) is 2.30. The molecule has 0 unspecified atom stereocenters. The fourth-order valence-corrected chi connectivity index (χ4v) is 4.67. The van der Waals surface area contributed by atoms with E-state index >= 15 is 0 Å². The normalized spacial score (nSPS) is 16.1. The zero-order chi connectivity index (χ0) is 22.1. The molecule has 0 aliphatic carbocycles. The monoisotopic (exact) mass is 447 g/mol. The summed E-state index contributed by atoms with van der Waals surface area (Å²) in [5, 5.41) is 1.16. The van der Waals surface area contributed by atoms with E-state index in [2.05, 4.69) is 39.7 Å². The van der Waals surface area contributed by atoms with Crippen LogP contribution in [0.1, 0.15) is 57.4 Å². The topological polar surface area (TPSA) is 71.5 Å². The third-order valence-electron chi connectivity index (χ3n) is 5.89. The van der Waals surface area contributed by atoms with Crippen molar-refractivity contribution >= 4 is 20.9 Å². The molecule has 1 N–H and O–H groups in total. The molecule has 1 aromatic heterocycles. The van der Waals surface area contributed by atoms with Gasteiger partial charge in [-0.15, -0.1) is 0 Å². The predicted octanol–water partition coefficient (Wildman–Crippen LogP) is 4.14. The average Bonchev–Trinajstić information content (AvgIpc) is 2.75. The highest BCUT2D eigenvalue weighted by atomic mass is 32.2. The van der Waals surface area contributed by atoms with Crippen molar-refractivity contribution < 1.29 is 13.2 Å². The Hall–Kier alpha value is -1.70. The first-order valence-corrected chi connectivity index (χ1v) is 13.5. The first-order chi connectivity index (χ1) is 14.9. The van der Waals surface area contributed by atoms with E-state index in [-0.39, 0.29) is 6.10 Å². The number of hydrogen-bond donors (Lipinski definition) is 1. The maximum Gasteiger partial charge on any atom is 0.208 e. The Morgan fingerprint density at radius 1 is 1.16 bits per heavy atom. The Bertz CT molecular complexity index is 925. The van der Waals surface area contributed by atoms with Crippen LogP contribution in [0.3, 0.4) is 0 Å². The first-order valence-electron chi connectivity index (χ1n) is 11.7. The maximum absolute atomic E-state index is 11.1. The van der Waals surface area contributed by atoms with E-state index in [0.717, 1.165) is 74.8 Å². The summed E-state index contributed by atoms with van der Waals surface area (Å²) in [6, 6.07) is 8.56. The average molecular weight is 448 g/mol. The molecule has 0 spiro atoms. The number of aryl methyl sites for hydroxylation is 1. The summed E-state index contributed by atoms with van der Waals surface area (Å²) >= 11 is 0. The Balaban J connectivity index is 1.46. The van der Waals surface area contributed by atoms with Gasteiger partial charge in [0.25, 0.3) is 0 Å². The lowest BCUT2D eigenvalue weighted by Gasteiger charge is -2.32. The number of piperidine rings is 1. The summed E-state index contributed by atoms with van der Waals surface area (Å²) in [7, 11) is -3.06. The molecule has 172 valence electrons. The van der Waals surface area contributed by atoms with E-state index in [0.29, 0.717) is 6.54 Å². The maximum atomic E-state index is 11.1. The summed E-state index contributed by atoms with van der Waals surface area (Å²) < 4.78 is 31.2. The van der Waals surface area contributed by atoms with Crippen LogP contribution in [0.4, 0.5) is 0 Å². The van der Waals surface area contributed by atoms with Crippen LogP contribution in [0, 0.1) is 0 Å². The molecule has 1 fully saturated rings. The number of rotatable bonds is 12. The second kappa shape index (κ2) is 11.8. The van der Waals surface area contributed by atoms with Crippen LogP contribution in [0.25, 0.3) is 10.9 Å². The molecule has 2 aromatic rings. The number of likely N-dealkylation sites (tertiary alicyclic amines) is 1. The molecular weight excluding hydrogens is 410 g/mol. The minimum absolute atomic E-state index is 0.238. The molecule has 0 atom stereocenters. The Morgan fingerprint density at radius 3 is 2.71 bits per heavy atom. The molecule has 1 aliphatic rings. The molecular formula is C24H37N3O3S. The summed E-state index contributed by atoms with van der Waals surface area (Å²) in [6.45, 7) is 5.93. The molecule has 1 saturated heterocycles. The highest BCUT2D eigenvalue weighted by molar-refractivity contribution is 7.88. The number of ether oxygens (including phenoxy) is 1. The third-order valence-corrected chi connectivity index (χ3v) is 6.62. The van der Waals surface area contributed by atoms with Crippen LogP contribution >= 0.6 is 0 Å². The smallest absolute Gasteiger partial charge is 0.208 e. The van der Waals surface area contributed by atoms with Crippen molar-refractivity contribution in [3.8, 4) is 5.75 Å². The second-order valence-electron chi connectivity index (χ2n) is 8.66. The highest BCUT2D eigenvalue weighted by Crippen LogP contribution is 2.29. The zero-order valence-corrected chi connectivity index (χ0v) is 19.8. The van der Waals surface area contributed by atoms with Crippen molar-refractivity contribution in [2.45, 2.75) is 64.4 Å². The number of pyridine rings is 1. The molecule has 1 aliphatic heterocycles. The fraction of sp³-hybridized carbons (Fsp3) is 0.625. The Kier molecular flexibility index (Phi) is 9.11. The van der Waals surface area contributed by atoms with Gasteiger partial charge in [-0.05, 0) is 68.8 Å². The van der Waals surface area contributed by atoms with Gasteiger partial charge in [0.05, 0.1) is 6.26 Å². The minimum Gasteiger partial charge on any atom is -0.488 e. The molecule has 31 heavy (non-hydrogen) atoms. The molecule has 0 radical (unpaired) electrons. The van der Waals surface area contributed by atoms with Gasteiger partial charge >= 0.3 is 0 Å². The van der Waals surface area contributed by atoms with Crippen LogP contribution < -0.4 is 9.46 Å². The van der Waals surface area contributed by atoms with E-state index in [1.54, 1.807) is 0 Å². The number of nitrogens with one attached hydrogen (secondary N) is 1. The summed E-state index contributed by atoms with van der Waals surface area (Å²) in [4.78, 5) is 7.08. The van der Waals surface area contributed by atoms with E-state index in [9.17, 15) is 8.42 Å². The van der Waals surface area contributed by atoms with E-state index < -0.39 is 10.0 Å². The predicted molar refractivity (Wildman–Crippen MR) is 127 cm³/mol. The number of aromatic nitrogens is 1. The lowest BCUT2D eigenvalue weighted by atomic mass is 10.0. The fourth-order valence-electron chi connectivity index (χ4n) is 4.16. The minimum atomic E-state index is -3.06. The molecule has 1 aromatic carbocycles. The van der Waals surface area contributed by atoms with Gasteiger partial charge in [-0.25, -0.2) is 13.1 Å². The van der Waals surface area contributed by atoms with Gasteiger partial charge in [0.1, 0.15) is 17.4 Å². The van der Waals surface area contributed by atoms with Crippen LogP contribution in [0.5, 0.6) is 5.75 Å². The summed E-state index contributed by atoms with van der Waals surface area (Å²) in [6.07, 6.45) is 11.8. The van der Waals surface area contributed by atoms with Gasteiger partial charge in [-0.3, -0.25) is 4.98 Å². The standard InChI is InChI=1S/C24H37N3O3S/c1-3-4-9-20-18-21-10-8-13-25-24(21)23(19-20)30-22-11-16-27(17-12-22)15-7-5-6-14-26-31(2,28)29/h8,10,13,18-19,22,26H,3-7,9,11-12,14-17H2,1-2H3. The van der Waals surface area contributed by atoms with Crippen molar-refractivity contribution in [3.63, 3.8) is 0 Å². The lowest BCUT2D eigenvalue weighted by molar-refractivity contribution is 0.101. The van der Waals surface area contributed by atoms with Gasteiger partial charge in [-0.2, -0.15) is 0 Å². The largest absolute Gasteiger partial charge is 0.488 e. The Morgan fingerprint density at radius 2 is 1.97 bits per heavy atom. The van der Waals surface area contributed by atoms with Gasteiger partial charge in [0, 0.05) is 31.2 Å². The zero-order valence-electron chi connectivity index (χ0n) is 19.0. The summed E-state index contributed by atoms with van der Waals surface area (Å²) in [5.74, 6) is 0.932. The highest BCUT2D eigenvalue weighted by Gasteiger charge is 2.21. The second-order valence-corrected chi connectivity index (χ2v) is 10.5. The lowest BCUT2D eigenvalue weighted by Crippen LogP contribution is -2.38. The van der Waals surface area contributed by atoms with Gasteiger partial charge in [0.2, 0.25) is 10.0 Å². The number of fused-ring (bicyclic) bond motifs is 1. The van der Waals surface area contributed by atoms with Crippen LogP contribution in [-0.4, -0.2) is 56.8 Å². The number of benzene rings is 1. The van der Waals surface area contributed by atoms with Gasteiger partial charge < -0.3 is 9.64 Å². The van der Waals surface area contributed by atoms with Crippen molar-refractivity contribution in [3.05, 3.63) is 36.0 Å². The Labute approximate surface area is 187 Å². The molecule has 6 nitrogen and oxygen atoms in total. The third kappa shape index (κ3) is 8.05. The number of hydrogen-bond acceptors (Lipinski definition) is 5. The number of sulfonamides is 1. The van der Waals surface area contributed by atoms with Gasteiger partial charge in [-0.1, -0.05) is 25.8 Å². The molecule has 0 bridgehead atoms. The molecule has 7 heteroatoms. The van der Waals surface area contributed by atoms with Crippen LogP contribution in [-0.2, 0) is 16.4 Å². The van der Waals surface area contributed by atoms with E-state index in [1.807, 2.05) is 12.3 Å². The van der Waals surface area contributed by atoms with E-state index in [1.165, 1.54) is 24.7 Å². The molecule has 3 rings (SSSR count). The molecule has 0 amide bonds. The van der Waals surface area contributed by atoms with Crippen molar-refractivity contribution in [1.82, 2.24) is 14.6 Å². The SMILES string of the molecule is CCCCc1cc(OC2CCN(CCCCCNS(C)(=O)=O)CC2)c2ncccc2c1. The van der Waals surface area contributed by atoms with Gasteiger partial charge in [0.15, 0.2) is 0 Å². The van der Waals surface area contributed by atoms with Crippen molar-refractivity contribution in [2.24, 2.45) is 0 Å². The number of unbranched alkanes of at least 4 members (excludes halogenated alkanes) is 3. The van der Waals surface area contributed by atoms with Crippen LogP contribution in [0.2, 0.25) is 0 Å². The quantitative estimate of drug-likeness (QED) is 0.495. The van der Waals surface area contributed by atoms with Crippen molar-refractivity contribution in [1.29, 1.82) is 0 Å². The molecule has 0 saturated carbocycles. The van der Waals surface area contributed by atoms with E-state index in [4.69, 9.17) is 4.74 Å². The number of nitrogens with zero attached hydrogens (tertiary/aromatic N) is 2. The van der Waals surface area contributed by atoms with Crippen molar-refractivity contribution in [2.75, 3.05) is 32.4 Å². The first kappa shape index (κ1) is 24.0. The molecule has 2 heterocycles.